The molecule has 1 aromatic heterocycles. The molecule has 3 rings (SSSR count). The van der Waals surface area contributed by atoms with Crippen LogP contribution in [0.1, 0.15) is 28.3 Å². The van der Waals surface area contributed by atoms with E-state index >= 15 is 0 Å². The van der Waals surface area contributed by atoms with Gasteiger partial charge in [0.25, 0.3) is 5.91 Å². The third kappa shape index (κ3) is 3.42. The van der Waals surface area contributed by atoms with E-state index in [9.17, 15) is 9.59 Å². The molecule has 2 heterocycles. The van der Waals surface area contributed by atoms with Crippen LogP contribution in [-0.4, -0.2) is 35.0 Å². The molecule has 2 aromatic rings. The van der Waals surface area contributed by atoms with Crippen molar-refractivity contribution in [2.24, 2.45) is 5.92 Å². The number of carboxylic acids is 1. The standard InChI is InChI=1S/C18H19NO5/c1-12-14(11-23-15-5-3-2-4-6-15)9-16(24-12)17(20)19-8-7-13(10-19)18(21)22/h2-6,9,13H,7-8,10-11H2,1H3,(H,21,22). The third-order valence-electron chi connectivity index (χ3n) is 4.19. The van der Waals surface area contributed by atoms with Crippen LogP contribution in [0.2, 0.25) is 0 Å². The number of hydrogen-bond donors (Lipinski definition) is 1. The van der Waals surface area contributed by atoms with Crippen LogP contribution >= 0.6 is 0 Å². The highest BCUT2D eigenvalue weighted by atomic mass is 16.5. The van der Waals surface area contributed by atoms with Crippen molar-refractivity contribution in [2.45, 2.75) is 20.0 Å². The number of carbonyl (C=O) groups excluding carboxylic acids is 1. The van der Waals surface area contributed by atoms with Crippen molar-refractivity contribution in [3.8, 4) is 5.75 Å². The summed E-state index contributed by atoms with van der Waals surface area (Å²) in [6, 6.07) is 11.1. The van der Waals surface area contributed by atoms with Gasteiger partial charge in [0.15, 0.2) is 5.76 Å². The van der Waals surface area contributed by atoms with Crippen LogP contribution in [0.15, 0.2) is 40.8 Å². The minimum atomic E-state index is -0.863. The lowest BCUT2D eigenvalue weighted by atomic mass is 10.1. The van der Waals surface area contributed by atoms with Crippen molar-refractivity contribution in [3.63, 3.8) is 0 Å². The maximum absolute atomic E-state index is 12.5. The summed E-state index contributed by atoms with van der Waals surface area (Å²) >= 11 is 0. The number of hydrogen-bond acceptors (Lipinski definition) is 4. The third-order valence-corrected chi connectivity index (χ3v) is 4.19. The fourth-order valence-electron chi connectivity index (χ4n) is 2.75. The highest BCUT2D eigenvalue weighted by Gasteiger charge is 2.32. The number of aryl methyl sites for hydroxylation is 1. The highest BCUT2D eigenvalue weighted by molar-refractivity contribution is 5.92. The second kappa shape index (κ2) is 6.78. The Kier molecular flexibility index (Phi) is 4.55. The van der Waals surface area contributed by atoms with Crippen LogP contribution in [-0.2, 0) is 11.4 Å². The normalized spacial score (nSPS) is 17.0. The topological polar surface area (TPSA) is 80.0 Å². The van der Waals surface area contributed by atoms with Gasteiger partial charge in [0, 0.05) is 18.7 Å². The van der Waals surface area contributed by atoms with E-state index in [1.165, 1.54) is 4.90 Å². The number of para-hydroxylation sites is 1. The first-order valence-corrected chi connectivity index (χ1v) is 7.84. The highest BCUT2D eigenvalue weighted by Crippen LogP contribution is 2.23. The van der Waals surface area contributed by atoms with E-state index in [4.69, 9.17) is 14.3 Å². The molecule has 0 bridgehead atoms. The lowest BCUT2D eigenvalue weighted by Crippen LogP contribution is -2.29. The maximum atomic E-state index is 12.5. The molecular formula is C18H19NO5. The molecular weight excluding hydrogens is 310 g/mol. The number of carbonyl (C=O) groups is 2. The molecule has 0 radical (unpaired) electrons. The Balaban J connectivity index is 1.65. The van der Waals surface area contributed by atoms with E-state index in [0.29, 0.717) is 25.3 Å². The molecule has 0 aliphatic carbocycles. The monoisotopic (exact) mass is 329 g/mol. The van der Waals surface area contributed by atoms with Gasteiger partial charge in [0.05, 0.1) is 5.92 Å². The van der Waals surface area contributed by atoms with Gasteiger partial charge in [0.2, 0.25) is 0 Å². The average Bonchev–Trinajstić information content (AvgIpc) is 3.20. The van der Waals surface area contributed by atoms with Crippen molar-refractivity contribution in [1.29, 1.82) is 0 Å². The molecule has 1 saturated heterocycles. The smallest absolute Gasteiger partial charge is 0.308 e. The molecule has 1 aliphatic rings. The van der Waals surface area contributed by atoms with Gasteiger partial charge in [-0.3, -0.25) is 9.59 Å². The van der Waals surface area contributed by atoms with Crippen molar-refractivity contribution in [3.05, 3.63) is 53.5 Å². The number of carboxylic acid groups (broad SMARTS) is 1. The Morgan fingerprint density at radius 1 is 1.33 bits per heavy atom. The van der Waals surface area contributed by atoms with Crippen LogP contribution in [0.5, 0.6) is 5.75 Å². The fourth-order valence-corrected chi connectivity index (χ4v) is 2.75. The number of benzene rings is 1. The fraction of sp³-hybridized carbons (Fsp3) is 0.333. The number of nitrogens with zero attached hydrogens (tertiary/aromatic N) is 1. The second-order valence-corrected chi connectivity index (χ2v) is 5.87. The van der Waals surface area contributed by atoms with E-state index in [1.807, 2.05) is 30.3 Å². The maximum Gasteiger partial charge on any atom is 0.308 e. The Bertz CT molecular complexity index is 737. The summed E-state index contributed by atoms with van der Waals surface area (Å²) in [5, 5.41) is 9.03. The average molecular weight is 329 g/mol. The Labute approximate surface area is 139 Å². The second-order valence-electron chi connectivity index (χ2n) is 5.87. The van der Waals surface area contributed by atoms with Crippen molar-refractivity contribution >= 4 is 11.9 Å². The zero-order valence-electron chi connectivity index (χ0n) is 13.4. The molecule has 1 aromatic carbocycles. The minimum absolute atomic E-state index is 0.226. The van der Waals surface area contributed by atoms with Gasteiger partial charge >= 0.3 is 5.97 Å². The minimum Gasteiger partial charge on any atom is -0.489 e. The molecule has 1 fully saturated rings. The number of furan rings is 1. The summed E-state index contributed by atoms with van der Waals surface area (Å²) in [5.41, 5.74) is 0.802. The summed E-state index contributed by atoms with van der Waals surface area (Å²) in [6.07, 6.45) is 0.477. The van der Waals surface area contributed by atoms with Gasteiger partial charge in [-0.2, -0.15) is 0 Å². The van der Waals surface area contributed by atoms with Crippen molar-refractivity contribution in [1.82, 2.24) is 4.90 Å². The SMILES string of the molecule is Cc1oc(C(=O)N2CCC(C(=O)O)C2)cc1COc1ccccc1. The van der Waals surface area contributed by atoms with Crippen LogP contribution < -0.4 is 4.74 Å². The molecule has 0 spiro atoms. The zero-order chi connectivity index (χ0) is 17.1. The van der Waals surface area contributed by atoms with E-state index < -0.39 is 11.9 Å². The molecule has 1 unspecified atom stereocenters. The largest absolute Gasteiger partial charge is 0.489 e. The van der Waals surface area contributed by atoms with E-state index in [2.05, 4.69) is 0 Å². The summed E-state index contributed by atoms with van der Waals surface area (Å²) in [4.78, 5) is 25.0. The van der Waals surface area contributed by atoms with Gasteiger partial charge < -0.3 is 19.2 Å². The Hall–Kier alpha value is -2.76. The molecule has 0 saturated carbocycles. The van der Waals surface area contributed by atoms with Crippen molar-refractivity contribution in [2.75, 3.05) is 13.1 Å². The van der Waals surface area contributed by atoms with Crippen LogP contribution in [0.25, 0.3) is 0 Å². The quantitative estimate of drug-likeness (QED) is 0.912. The lowest BCUT2D eigenvalue weighted by molar-refractivity contribution is -0.141. The summed E-state index contributed by atoms with van der Waals surface area (Å²) < 4.78 is 11.2. The number of ether oxygens (including phenoxy) is 1. The van der Waals surface area contributed by atoms with Gasteiger partial charge in [-0.1, -0.05) is 18.2 Å². The Morgan fingerprint density at radius 3 is 2.75 bits per heavy atom. The first-order chi connectivity index (χ1) is 11.5. The van der Waals surface area contributed by atoms with Crippen LogP contribution in [0.4, 0.5) is 0 Å². The Morgan fingerprint density at radius 2 is 2.08 bits per heavy atom. The predicted octanol–water partition coefficient (Wildman–Crippen LogP) is 2.71. The van der Waals surface area contributed by atoms with Gasteiger partial charge in [-0.15, -0.1) is 0 Å². The molecule has 1 amide bonds. The first kappa shape index (κ1) is 16.1. The molecule has 24 heavy (non-hydrogen) atoms. The van der Waals surface area contributed by atoms with E-state index in [-0.39, 0.29) is 18.2 Å². The molecule has 1 N–H and O–H groups in total. The molecule has 6 nitrogen and oxygen atoms in total. The predicted molar refractivity (Wildman–Crippen MR) is 85.9 cm³/mol. The van der Waals surface area contributed by atoms with Crippen molar-refractivity contribution < 1.29 is 23.8 Å². The first-order valence-electron chi connectivity index (χ1n) is 7.84. The summed E-state index contributed by atoms with van der Waals surface area (Å²) in [7, 11) is 0. The van der Waals surface area contributed by atoms with E-state index in [1.54, 1.807) is 13.0 Å². The molecule has 126 valence electrons. The van der Waals surface area contributed by atoms with E-state index in [0.717, 1.165) is 11.3 Å². The van der Waals surface area contributed by atoms with Gasteiger partial charge in [-0.25, -0.2) is 0 Å². The number of amides is 1. The van der Waals surface area contributed by atoms with Gasteiger partial charge in [-0.05, 0) is 31.5 Å². The number of likely N-dealkylation sites (tertiary alicyclic amines) is 1. The van der Waals surface area contributed by atoms with Crippen LogP contribution in [0.3, 0.4) is 0 Å². The number of aliphatic carboxylic acids is 1. The van der Waals surface area contributed by atoms with Gasteiger partial charge in [0.1, 0.15) is 18.1 Å². The lowest BCUT2D eigenvalue weighted by Gasteiger charge is -2.13. The molecule has 6 heteroatoms. The number of rotatable bonds is 5. The van der Waals surface area contributed by atoms with Crippen LogP contribution in [0, 0.1) is 12.8 Å². The summed E-state index contributed by atoms with van der Waals surface area (Å²) in [5.74, 6) is -0.0279. The molecule has 1 atom stereocenters. The zero-order valence-corrected chi connectivity index (χ0v) is 13.4. The molecule has 1 aliphatic heterocycles. The summed E-state index contributed by atoms with van der Waals surface area (Å²) in [6.45, 7) is 2.75.